The van der Waals surface area contributed by atoms with Gasteiger partial charge in [0.05, 0.1) is 0 Å². The highest BCUT2D eigenvalue weighted by molar-refractivity contribution is 7.99. The Bertz CT molecular complexity index is 593. The minimum Gasteiger partial charge on any atom is -0.375 e. The van der Waals surface area contributed by atoms with Gasteiger partial charge in [-0.1, -0.05) is 25.1 Å². The Kier molecular flexibility index (Phi) is 4.98. The predicted molar refractivity (Wildman–Crippen MR) is 79.8 cm³/mol. The van der Waals surface area contributed by atoms with E-state index < -0.39 is 0 Å². The van der Waals surface area contributed by atoms with Crippen LogP contribution in [-0.2, 0) is 12.8 Å². The summed E-state index contributed by atoms with van der Waals surface area (Å²) in [4.78, 5) is 23.8. The second-order valence-corrected chi connectivity index (χ2v) is 6.29. The first-order valence-electron chi connectivity index (χ1n) is 6.10. The number of thioether (sulfide) groups is 1. The van der Waals surface area contributed by atoms with E-state index in [2.05, 4.69) is 21.9 Å². The van der Waals surface area contributed by atoms with Gasteiger partial charge in [0.25, 0.3) is 5.56 Å². The molecule has 0 saturated carbocycles. The molecule has 0 atom stereocenters. The molecule has 102 valence electrons. The number of aromatic amines is 1. The maximum atomic E-state index is 11.5. The summed E-state index contributed by atoms with van der Waals surface area (Å²) in [6.07, 6.45) is 4.50. The molecule has 2 aromatic rings. The number of aromatic nitrogens is 3. The van der Waals surface area contributed by atoms with Gasteiger partial charge in [0, 0.05) is 28.6 Å². The van der Waals surface area contributed by atoms with E-state index >= 15 is 0 Å². The fourth-order valence-corrected chi connectivity index (χ4v) is 3.31. The standard InChI is InChI=1S/C12H16N4OS2/c1-2-3-8-6-10(17)16-12(15-8)18-5-4-9-7-14-11(13)19-9/h6-7H,2-5H2,1H3,(H2,13,14)(H,15,16,17). The van der Waals surface area contributed by atoms with Crippen LogP contribution in [0.1, 0.15) is 23.9 Å². The van der Waals surface area contributed by atoms with Gasteiger partial charge < -0.3 is 10.7 Å². The van der Waals surface area contributed by atoms with Gasteiger partial charge in [-0.15, -0.1) is 11.3 Å². The van der Waals surface area contributed by atoms with Crippen LogP contribution in [0.15, 0.2) is 22.2 Å². The normalized spacial score (nSPS) is 10.8. The van der Waals surface area contributed by atoms with Crippen LogP contribution in [0.3, 0.4) is 0 Å². The van der Waals surface area contributed by atoms with E-state index in [9.17, 15) is 4.79 Å². The molecule has 0 aliphatic carbocycles. The topological polar surface area (TPSA) is 84.7 Å². The average Bonchev–Trinajstić information content (AvgIpc) is 2.75. The molecule has 2 rings (SSSR count). The highest BCUT2D eigenvalue weighted by atomic mass is 32.2. The molecule has 0 fully saturated rings. The Morgan fingerprint density at radius 1 is 1.47 bits per heavy atom. The van der Waals surface area contributed by atoms with Crippen molar-refractivity contribution in [3.05, 3.63) is 33.2 Å². The predicted octanol–water partition coefficient (Wildman–Crippen LogP) is 2.10. The van der Waals surface area contributed by atoms with E-state index in [1.165, 1.54) is 11.3 Å². The maximum absolute atomic E-state index is 11.5. The van der Waals surface area contributed by atoms with Gasteiger partial charge in [0.1, 0.15) is 0 Å². The first-order chi connectivity index (χ1) is 9.17. The fourth-order valence-electron chi connectivity index (χ4n) is 1.62. The Hall–Kier alpha value is -1.34. The molecule has 0 aliphatic rings. The number of anilines is 1. The van der Waals surface area contributed by atoms with Crippen molar-refractivity contribution in [1.29, 1.82) is 0 Å². The van der Waals surface area contributed by atoms with Crippen LogP contribution in [0.4, 0.5) is 5.13 Å². The monoisotopic (exact) mass is 296 g/mol. The van der Waals surface area contributed by atoms with Crippen LogP contribution in [0.5, 0.6) is 0 Å². The minimum absolute atomic E-state index is 0.0806. The summed E-state index contributed by atoms with van der Waals surface area (Å²) in [6.45, 7) is 2.07. The molecule has 5 nitrogen and oxygen atoms in total. The molecule has 7 heteroatoms. The number of nitrogens with zero attached hydrogens (tertiary/aromatic N) is 2. The van der Waals surface area contributed by atoms with Crippen LogP contribution in [0, 0.1) is 0 Å². The Balaban J connectivity index is 1.93. The number of aryl methyl sites for hydroxylation is 2. The molecule has 0 aliphatic heterocycles. The van der Waals surface area contributed by atoms with Crippen LogP contribution >= 0.6 is 23.1 Å². The number of hydrogen-bond donors (Lipinski definition) is 2. The molecule has 0 unspecified atom stereocenters. The van der Waals surface area contributed by atoms with Crippen LogP contribution < -0.4 is 11.3 Å². The van der Waals surface area contributed by atoms with Crippen molar-refractivity contribution in [2.45, 2.75) is 31.3 Å². The summed E-state index contributed by atoms with van der Waals surface area (Å²) in [5, 5.41) is 1.28. The minimum atomic E-state index is -0.0806. The summed E-state index contributed by atoms with van der Waals surface area (Å²) in [7, 11) is 0. The third-order valence-corrected chi connectivity index (χ3v) is 4.20. The zero-order chi connectivity index (χ0) is 13.7. The SMILES string of the molecule is CCCc1cc(=O)[nH]c(SCCc2cnc(N)s2)n1. The lowest BCUT2D eigenvalue weighted by molar-refractivity contribution is 0.815. The van der Waals surface area contributed by atoms with Crippen LogP contribution in [0.2, 0.25) is 0 Å². The maximum Gasteiger partial charge on any atom is 0.251 e. The number of nitrogens with two attached hydrogens (primary N) is 1. The lowest BCUT2D eigenvalue weighted by Crippen LogP contribution is -2.10. The zero-order valence-corrected chi connectivity index (χ0v) is 12.3. The highest BCUT2D eigenvalue weighted by Crippen LogP contribution is 2.19. The van der Waals surface area contributed by atoms with Gasteiger partial charge in [-0.05, 0) is 12.8 Å². The lowest BCUT2D eigenvalue weighted by atomic mass is 10.2. The van der Waals surface area contributed by atoms with Crippen molar-refractivity contribution < 1.29 is 0 Å². The summed E-state index contributed by atoms with van der Waals surface area (Å²) in [5.41, 5.74) is 6.35. The largest absolute Gasteiger partial charge is 0.375 e. The van der Waals surface area contributed by atoms with Gasteiger partial charge in [0.15, 0.2) is 10.3 Å². The number of hydrogen-bond acceptors (Lipinski definition) is 6. The molecule has 0 bridgehead atoms. The molecule has 0 saturated heterocycles. The molecule has 0 radical (unpaired) electrons. The number of nitrogens with one attached hydrogen (secondary N) is 1. The summed E-state index contributed by atoms with van der Waals surface area (Å²) < 4.78 is 0. The third kappa shape index (κ3) is 4.36. The van der Waals surface area contributed by atoms with E-state index in [1.54, 1.807) is 24.0 Å². The van der Waals surface area contributed by atoms with Gasteiger partial charge in [-0.2, -0.15) is 0 Å². The van der Waals surface area contributed by atoms with E-state index in [1.807, 2.05) is 0 Å². The van der Waals surface area contributed by atoms with Crippen LogP contribution in [0.25, 0.3) is 0 Å². The second kappa shape index (κ2) is 6.72. The van der Waals surface area contributed by atoms with Gasteiger partial charge >= 0.3 is 0 Å². The summed E-state index contributed by atoms with van der Waals surface area (Å²) >= 11 is 3.05. The lowest BCUT2D eigenvalue weighted by Gasteiger charge is -2.02. The summed E-state index contributed by atoms with van der Waals surface area (Å²) in [5.74, 6) is 0.847. The molecule has 0 aromatic carbocycles. The summed E-state index contributed by atoms with van der Waals surface area (Å²) in [6, 6.07) is 1.57. The van der Waals surface area contributed by atoms with Crippen LogP contribution in [-0.4, -0.2) is 20.7 Å². The van der Waals surface area contributed by atoms with Gasteiger partial charge in [-0.25, -0.2) is 9.97 Å². The molecule has 2 aromatic heterocycles. The molecule has 0 amide bonds. The Morgan fingerprint density at radius 3 is 3.00 bits per heavy atom. The third-order valence-electron chi connectivity index (χ3n) is 2.44. The van der Waals surface area contributed by atoms with Gasteiger partial charge in [-0.3, -0.25) is 4.79 Å². The van der Waals surface area contributed by atoms with Crippen molar-refractivity contribution in [2.24, 2.45) is 0 Å². The van der Waals surface area contributed by atoms with E-state index in [4.69, 9.17) is 5.73 Å². The van der Waals surface area contributed by atoms with Crippen molar-refractivity contribution in [1.82, 2.24) is 15.0 Å². The van der Waals surface area contributed by atoms with Gasteiger partial charge in [0.2, 0.25) is 0 Å². The van der Waals surface area contributed by atoms with E-state index in [0.717, 1.165) is 35.6 Å². The van der Waals surface area contributed by atoms with Crippen molar-refractivity contribution in [3.63, 3.8) is 0 Å². The van der Waals surface area contributed by atoms with E-state index in [0.29, 0.717) is 10.3 Å². The second-order valence-electron chi connectivity index (χ2n) is 4.06. The van der Waals surface area contributed by atoms with Crippen molar-refractivity contribution in [3.8, 4) is 0 Å². The molecular formula is C12H16N4OS2. The molecule has 0 spiro atoms. The number of thiazole rings is 1. The molecule has 2 heterocycles. The average molecular weight is 296 g/mol. The zero-order valence-electron chi connectivity index (χ0n) is 10.7. The first-order valence-corrected chi connectivity index (χ1v) is 7.91. The van der Waals surface area contributed by atoms with E-state index in [-0.39, 0.29) is 5.56 Å². The molecule has 19 heavy (non-hydrogen) atoms. The van der Waals surface area contributed by atoms with Crippen molar-refractivity contribution in [2.75, 3.05) is 11.5 Å². The first kappa shape index (κ1) is 14.1. The highest BCUT2D eigenvalue weighted by Gasteiger charge is 2.03. The smallest absolute Gasteiger partial charge is 0.251 e. The Morgan fingerprint density at radius 2 is 2.32 bits per heavy atom. The molecular weight excluding hydrogens is 280 g/mol. The molecule has 3 N–H and O–H groups in total. The number of rotatable bonds is 6. The Labute approximate surface area is 119 Å². The quantitative estimate of drug-likeness (QED) is 0.630. The number of nitrogen functional groups attached to an aromatic ring is 1. The number of H-pyrrole nitrogens is 1. The fraction of sp³-hybridized carbons (Fsp3) is 0.417. The van der Waals surface area contributed by atoms with Crippen molar-refractivity contribution >= 4 is 28.2 Å².